The molecule has 5 rings (SSSR count). The van der Waals surface area contributed by atoms with E-state index in [9.17, 15) is 4.79 Å². The highest BCUT2D eigenvalue weighted by Gasteiger charge is 2.32. The van der Waals surface area contributed by atoms with Crippen LogP contribution in [0, 0.1) is 13.8 Å². The van der Waals surface area contributed by atoms with E-state index >= 15 is 0 Å². The summed E-state index contributed by atoms with van der Waals surface area (Å²) in [7, 11) is 1.67. The molecule has 1 saturated heterocycles. The van der Waals surface area contributed by atoms with E-state index in [0.717, 1.165) is 34.4 Å². The number of amides is 1. The van der Waals surface area contributed by atoms with Gasteiger partial charge in [-0.2, -0.15) is 4.98 Å². The van der Waals surface area contributed by atoms with Gasteiger partial charge < -0.3 is 30.0 Å². The molecule has 0 spiro atoms. The second-order valence-corrected chi connectivity index (χ2v) is 9.82. The summed E-state index contributed by atoms with van der Waals surface area (Å²) >= 11 is 0. The number of methoxy groups -OCH3 is 1. The number of aryl methyl sites for hydroxylation is 1. The van der Waals surface area contributed by atoms with Crippen molar-refractivity contribution in [1.29, 1.82) is 0 Å². The van der Waals surface area contributed by atoms with Crippen molar-refractivity contribution in [2.45, 2.75) is 52.7 Å². The average Bonchev–Trinajstić information content (AvgIpc) is 3.55. The maximum absolute atomic E-state index is 12.2. The maximum atomic E-state index is 12.2. The Morgan fingerprint density at radius 2 is 2.00 bits per heavy atom. The van der Waals surface area contributed by atoms with E-state index in [4.69, 9.17) is 25.2 Å². The fourth-order valence-electron chi connectivity index (χ4n) is 4.86. The minimum Gasteiger partial charge on any atom is -0.496 e. The molecule has 2 aromatic heterocycles. The Labute approximate surface area is 221 Å². The summed E-state index contributed by atoms with van der Waals surface area (Å²) in [5.41, 5.74) is 9.55. The molecule has 0 bridgehead atoms. The smallest absolute Gasteiger partial charge is 0.240 e. The van der Waals surface area contributed by atoms with Gasteiger partial charge in [0.1, 0.15) is 35.2 Å². The monoisotopic (exact) mass is 515 g/mol. The third-order valence-corrected chi connectivity index (χ3v) is 6.83. The predicted octanol–water partition coefficient (Wildman–Crippen LogP) is 4.43. The molecule has 1 aliphatic rings. The molecule has 1 amide bonds. The number of ether oxygens (including phenoxy) is 2. The third-order valence-electron chi connectivity index (χ3n) is 6.83. The van der Waals surface area contributed by atoms with Crippen LogP contribution in [0.4, 0.5) is 17.6 Å². The normalized spacial score (nSPS) is 15.3. The number of nitrogens with one attached hydrogen (secondary N) is 1. The van der Waals surface area contributed by atoms with Crippen LogP contribution in [0.15, 0.2) is 42.9 Å². The van der Waals surface area contributed by atoms with Gasteiger partial charge in [-0.15, -0.1) is 0 Å². The molecule has 4 aromatic rings. The molecular formula is C28H33N7O3. The molecule has 1 fully saturated rings. The van der Waals surface area contributed by atoms with Gasteiger partial charge in [0, 0.05) is 18.0 Å². The summed E-state index contributed by atoms with van der Waals surface area (Å²) < 4.78 is 13.5. The Balaban J connectivity index is 1.56. The van der Waals surface area contributed by atoms with Gasteiger partial charge in [0.05, 0.1) is 25.1 Å². The van der Waals surface area contributed by atoms with Gasteiger partial charge in [0.15, 0.2) is 5.82 Å². The first-order chi connectivity index (χ1) is 18.2. The van der Waals surface area contributed by atoms with E-state index in [0.29, 0.717) is 41.8 Å². The lowest BCUT2D eigenvalue weighted by Crippen LogP contribution is -2.41. The number of carbonyl (C=O) groups excluding carboxylic acids is 1. The third kappa shape index (κ3) is 4.81. The number of carbonyl (C=O) groups is 1. The first-order valence-electron chi connectivity index (χ1n) is 12.7. The number of rotatable bonds is 8. The molecule has 3 heterocycles. The quantitative estimate of drug-likeness (QED) is 0.354. The Kier molecular flexibility index (Phi) is 6.79. The zero-order valence-electron chi connectivity index (χ0n) is 22.4. The zero-order chi connectivity index (χ0) is 27.0. The topological polar surface area (TPSA) is 120 Å². The number of fused-ring (bicyclic) bond motifs is 1. The highest BCUT2D eigenvalue weighted by molar-refractivity contribution is 5.96. The first-order valence-corrected chi connectivity index (χ1v) is 12.7. The van der Waals surface area contributed by atoms with Crippen molar-refractivity contribution in [2.24, 2.45) is 5.73 Å². The molecule has 0 radical (unpaired) electrons. The van der Waals surface area contributed by atoms with Crippen molar-refractivity contribution < 1.29 is 14.3 Å². The lowest BCUT2D eigenvalue weighted by Gasteiger charge is -2.25. The van der Waals surface area contributed by atoms with Crippen molar-refractivity contribution in [1.82, 2.24) is 19.5 Å². The summed E-state index contributed by atoms with van der Waals surface area (Å²) in [6.07, 6.45) is 5.11. The standard InChI is InChI=1S/C28H33N7O3/c1-16(2)38-22-10-6-8-20-25(22)32-28(33-27(20)35-11-7-9-21(35)26(29)36)31-24-14-34(15-30-24)19-12-17(3)18(4)23(13-19)37-5/h6,8,10,12-16,21H,7,9,11H2,1-5H3,(H2,29,36)(H,31,32,33)/t21-/m0/s1. The number of anilines is 3. The summed E-state index contributed by atoms with van der Waals surface area (Å²) in [6, 6.07) is 9.38. The molecule has 0 unspecified atom stereocenters. The van der Waals surface area contributed by atoms with Gasteiger partial charge in [0.2, 0.25) is 11.9 Å². The largest absolute Gasteiger partial charge is 0.496 e. The van der Waals surface area contributed by atoms with Crippen molar-refractivity contribution >= 4 is 34.4 Å². The highest BCUT2D eigenvalue weighted by Crippen LogP contribution is 2.35. The van der Waals surface area contributed by atoms with Crippen molar-refractivity contribution in [2.75, 3.05) is 23.9 Å². The Bertz CT molecular complexity index is 1500. The molecule has 198 valence electrons. The summed E-state index contributed by atoms with van der Waals surface area (Å²) in [5, 5.41) is 4.05. The van der Waals surface area contributed by atoms with Crippen LogP contribution in [-0.2, 0) is 4.79 Å². The van der Waals surface area contributed by atoms with Crippen molar-refractivity contribution in [3.8, 4) is 17.2 Å². The van der Waals surface area contributed by atoms with Gasteiger partial charge in [0.25, 0.3) is 0 Å². The van der Waals surface area contributed by atoms with Gasteiger partial charge in [-0.25, -0.2) is 9.97 Å². The molecule has 0 saturated carbocycles. The highest BCUT2D eigenvalue weighted by atomic mass is 16.5. The maximum Gasteiger partial charge on any atom is 0.240 e. The second kappa shape index (κ2) is 10.2. The fourth-order valence-corrected chi connectivity index (χ4v) is 4.86. The lowest BCUT2D eigenvalue weighted by atomic mass is 10.1. The minimum atomic E-state index is -0.422. The van der Waals surface area contributed by atoms with Gasteiger partial charge in [-0.1, -0.05) is 6.07 Å². The Morgan fingerprint density at radius 3 is 2.74 bits per heavy atom. The van der Waals surface area contributed by atoms with Gasteiger partial charge in [-0.05, 0) is 69.9 Å². The average molecular weight is 516 g/mol. The lowest BCUT2D eigenvalue weighted by molar-refractivity contribution is -0.119. The van der Waals surface area contributed by atoms with Crippen LogP contribution in [-0.4, -0.2) is 51.2 Å². The summed E-state index contributed by atoms with van der Waals surface area (Å²) in [4.78, 5) is 28.3. The zero-order valence-corrected chi connectivity index (χ0v) is 22.4. The van der Waals surface area contributed by atoms with E-state index in [1.807, 2.05) is 60.7 Å². The number of nitrogens with zero attached hydrogens (tertiary/aromatic N) is 5. The molecule has 1 aliphatic heterocycles. The van der Waals surface area contributed by atoms with E-state index < -0.39 is 6.04 Å². The molecule has 1 atom stereocenters. The minimum absolute atomic E-state index is 0.0359. The molecule has 38 heavy (non-hydrogen) atoms. The number of imidazole rings is 1. The number of para-hydroxylation sites is 1. The molecule has 3 N–H and O–H groups in total. The second-order valence-electron chi connectivity index (χ2n) is 9.82. The Hall–Kier alpha value is -4.34. The van der Waals surface area contributed by atoms with Crippen LogP contribution < -0.4 is 25.4 Å². The van der Waals surface area contributed by atoms with E-state index in [2.05, 4.69) is 23.3 Å². The number of nitrogens with two attached hydrogens (primary N) is 1. The number of benzene rings is 2. The van der Waals surface area contributed by atoms with Crippen LogP contribution in [0.1, 0.15) is 37.8 Å². The van der Waals surface area contributed by atoms with Crippen LogP contribution in [0.3, 0.4) is 0 Å². The predicted molar refractivity (Wildman–Crippen MR) is 148 cm³/mol. The summed E-state index contributed by atoms with van der Waals surface area (Å²) in [6.45, 7) is 8.71. The van der Waals surface area contributed by atoms with Crippen LogP contribution in [0.5, 0.6) is 11.5 Å². The van der Waals surface area contributed by atoms with Crippen LogP contribution in [0.2, 0.25) is 0 Å². The molecule has 10 heteroatoms. The molecular weight excluding hydrogens is 482 g/mol. The first kappa shape index (κ1) is 25.3. The van der Waals surface area contributed by atoms with E-state index in [1.54, 1.807) is 13.4 Å². The van der Waals surface area contributed by atoms with Gasteiger partial charge in [-0.3, -0.25) is 4.79 Å². The van der Waals surface area contributed by atoms with Gasteiger partial charge >= 0.3 is 0 Å². The van der Waals surface area contributed by atoms with E-state index in [1.165, 1.54) is 0 Å². The number of hydrogen-bond donors (Lipinski definition) is 2. The number of hydrogen-bond acceptors (Lipinski definition) is 8. The Morgan fingerprint density at radius 1 is 1.18 bits per heavy atom. The van der Waals surface area contributed by atoms with Crippen molar-refractivity contribution in [3.63, 3.8) is 0 Å². The molecule has 10 nitrogen and oxygen atoms in total. The fraction of sp³-hybridized carbons (Fsp3) is 0.357. The number of primary amides is 1. The van der Waals surface area contributed by atoms with Crippen LogP contribution >= 0.6 is 0 Å². The van der Waals surface area contributed by atoms with E-state index in [-0.39, 0.29) is 12.0 Å². The number of aromatic nitrogens is 4. The van der Waals surface area contributed by atoms with Crippen molar-refractivity contribution in [3.05, 3.63) is 54.0 Å². The SMILES string of the molecule is COc1cc(-n2cnc(Nc3nc(N4CCC[C@H]4C(N)=O)c4cccc(OC(C)C)c4n3)c2)cc(C)c1C. The van der Waals surface area contributed by atoms with Crippen LogP contribution in [0.25, 0.3) is 16.6 Å². The molecule has 2 aromatic carbocycles. The summed E-state index contributed by atoms with van der Waals surface area (Å²) in [5.74, 6) is 2.67. The molecule has 0 aliphatic carbocycles.